The molecule has 27 heavy (non-hydrogen) atoms. The zero-order valence-corrected chi connectivity index (χ0v) is 16.5. The molecule has 2 aliphatic carbocycles. The largest absolute Gasteiger partial charge is 0.468 e. The number of rotatable bonds is 5. The van der Waals surface area contributed by atoms with Gasteiger partial charge in [0, 0.05) is 25.0 Å². The molecule has 0 spiro atoms. The van der Waals surface area contributed by atoms with Gasteiger partial charge in [-0.2, -0.15) is 0 Å². The number of fused-ring (bicyclic) bond motifs is 2. The van der Waals surface area contributed by atoms with E-state index in [-0.39, 0.29) is 29.3 Å². The summed E-state index contributed by atoms with van der Waals surface area (Å²) in [4.78, 5) is 12.6. The molecular weight excluding hydrogens is 346 g/mol. The first-order chi connectivity index (χ1) is 12.8. The predicted molar refractivity (Wildman–Crippen MR) is 98.8 cm³/mol. The molecule has 0 bridgehead atoms. The van der Waals surface area contributed by atoms with Crippen LogP contribution >= 0.6 is 0 Å². The van der Waals surface area contributed by atoms with Gasteiger partial charge < -0.3 is 24.3 Å². The lowest BCUT2D eigenvalue weighted by Crippen LogP contribution is -2.69. The van der Waals surface area contributed by atoms with Crippen molar-refractivity contribution in [2.45, 2.75) is 69.8 Å². The standard InChI is InChI=1S/C21H31NO5/c1-19-7-5-8-20(2,25-3)21(19,24)10-15-16(18(23)27-17(15)11-19)13-22-12-14-6-4-9-26-14/h4,6,9,15-17,22,24H,5,7-8,10-13H2,1-3H3/t15-,16-,17+,19-,20-,21+/m0/s1. The molecule has 1 saturated heterocycles. The molecule has 1 aliphatic heterocycles. The number of furan rings is 1. The van der Waals surface area contributed by atoms with E-state index in [0.29, 0.717) is 25.9 Å². The van der Waals surface area contributed by atoms with Crippen LogP contribution in [0.5, 0.6) is 0 Å². The molecule has 0 amide bonds. The smallest absolute Gasteiger partial charge is 0.310 e. The second-order valence-electron chi connectivity index (χ2n) is 9.07. The first-order valence-corrected chi connectivity index (χ1v) is 10.0. The molecule has 3 aliphatic rings. The second kappa shape index (κ2) is 6.61. The molecule has 3 fully saturated rings. The van der Waals surface area contributed by atoms with Crippen LogP contribution in [0.1, 0.15) is 51.7 Å². The van der Waals surface area contributed by atoms with Gasteiger partial charge in [0.25, 0.3) is 0 Å². The first-order valence-electron chi connectivity index (χ1n) is 10.0. The van der Waals surface area contributed by atoms with E-state index in [0.717, 1.165) is 25.0 Å². The second-order valence-corrected chi connectivity index (χ2v) is 9.07. The summed E-state index contributed by atoms with van der Waals surface area (Å²) >= 11 is 0. The van der Waals surface area contributed by atoms with Gasteiger partial charge in [0.15, 0.2) is 0 Å². The molecule has 6 atom stereocenters. The highest BCUT2D eigenvalue weighted by Gasteiger charge is 2.67. The summed E-state index contributed by atoms with van der Waals surface area (Å²) in [7, 11) is 1.69. The molecular formula is C21H31NO5. The highest BCUT2D eigenvalue weighted by atomic mass is 16.6. The molecule has 0 radical (unpaired) electrons. The maximum Gasteiger partial charge on any atom is 0.310 e. The van der Waals surface area contributed by atoms with Crippen molar-refractivity contribution in [1.29, 1.82) is 0 Å². The minimum atomic E-state index is -0.957. The van der Waals surface area contributed by atoms with E-state index in [2.05, 4.69) is 12.2 Å². The fourth-order valence-electron chi connectivity index (χ4n) is 5.88. The van der Waals surface area contributed by atoms with Crippen LogP contribution in [0.25, 0.3) is 0 Å². The average Bonchev–Trinajstić information content (AvgIpc) is 3.23. The Kier molecular flexibility index (Phi) is 4.64. The van der Waals surface area contributed by atoms with E-state index < -0.39 is 11.2 Å². The van der Waals surface area contributed by atoms with Crippen molar-refractivity contribution in [3.05, 3.63) is 24.2 Å². The summed E-state index contributed by atoms with van der Waals surface area (Å²) in [5.74, 6) is 0.447. The van der Waals surface area contributed by atoms with Crippen molar-refractivity contribution in [2.75, 3.05) is 13.7 Å². The number of methoxy groups -OCH3 is 1. The van der Waals surface area contributed by atoms with Crippen LogP contribution in [0.4, 0.5) is 0 Å². The summed E-state index contributed by atoms with van der Waals surface area (Å²) in [6, 6.07) is 3.76. The Labute approximate surface area is 160 Å². The van der Waals surface area contributed by atoms with Gasteiger partial charge in [0.05, 0.1) is 29.9 Å². The topological polar surface area (TPSA) is 80.9 Å². The van der Waals surface area contributed by atoms with Crippen molar-refractivity contribution >= 4 is 5.97 Å². The minimum Gasteiger partial charge on any atom is -0.468 e. The molecule has 4 rings (SSSR count). The van der Waals surface area contributed by atoms with E-state index in [1.165, 1.54) is 0 Å². The first kappa shape index (κ1) is 19.0. The van der Waals surface area contributed by atoms with Crippen molar-refractivity contribution in [3.8, 4) is 0 Å². The average molecular weight is 377 g/mol. The van der Waals surface area contributed by atoms with Gasteiger partial charge in [0.1, 0.15) is 11.9 Å². The van der Waals surface area contributed by atoms with Crippen LogP contribution in [0.15, 0.2) is 22.8 Å². The number of carbonyl (C=O) groups is 1. The summed E-state index contributed by atoms with van der Waals surface area (Å²) in [5.41, 5.74) is -1.85. The number of nitrogens with one attached hydrogen (secondary N) is 1. The van der Waals surface area contributed by atoms with Gasteiger partial charge in [-0.3, -0.25) is 4.79 Å². The lowest BCUT2D eigenvalue weighted by atomic mass is 9.49. The molecule has 2 saturated carbocycles. The van der Waals surface area contributed by atoms with Crippen LogP contribution in [0.2, 0.25) is 0 Å². The normalized spacial score (nSPS) is 43.9. The molecule has 0 unspecified atom stereocenters. The van der Waals surface area contributed by atoms with Crippen LogP contribution in [0, 0.1) is 17.3 Å². The third-order valence-corrected chi connectivity index (χ3v) is 7.70. The Bertz CT molecular complexity index is 691. The van der Waals surface area contributed by atoms with E-state index >= 15 is 0 Å². The maximum absolute atomic E-state index is 12.6. The van der Waals surface area contributed by atoms with Crippen LogP contribution < -0.4 is 5.32 Å². The van der Waals surface area contributed by atoms with Crippen LogP contribution in [-0.2, 0) is 20.8 Å². The van der Waals surface area contributed by atoms with Crippen molar-refractivity contribution in [2.24, 2.45) is 17.3 Å². The molecule has 1 aromatic rings. The van der Waals surface area contributed by atoms with Gasteiger partial charge in [-0.15, -0.1) is 0 Å². The lowest BCUT2D eigenvalue weighted by Gasteiger charge is -2.62. The van der Waals surface area contributed by atoms with Crippen molar-refractivity contribution in [3.63, 3.8) is 0 Å². The van der Waals surface area contributed by atoms with Crippen molar-refractivity contribution < 1.29 is 23.8 Å². The van der Waals surface area contributed by atoms with Gasteiger partial charge in [-0.1, -0.05) is 6.92 Å². The van der Waals surface area contributed by atoms with Gasteiger partial charge in [-0.05, 0) is 51.2 Å². The SMILES string of the molecule is CO[C@@]1(C)CCC[C@@]2(C)C[C@H]3OC(=O)[C@@H](CNCc4ccco4)[C@@H]3C[C@@]21O. The number of aliphatic hydroxyl groups is 1. The Hall–Kier alpha value is -1.37. The third-order valence-electron chi connectivity index (χ3n) is 7.70. The maximum atomic E-state index is 12.6. The van der Waals surface area contributed by atoms with Gasteiger partial charge >= 0.3 is 5.97 Å². The number of hydrogen-bond donors (Lipinski definition) is 2. The van der Waals surface area contributed by atoms with Gasteiger partial charge in [-0.25, -0.2) is 0 Å². The molecule has 6 heteroatoms. The fourth-order valence-corrected chi connectivity index (χ4v) is 5.88. The fraction of sp³-hybridized carbons (Fsp3) is 0.762. The van der Waals surface area contributed by atoms with E-state index in [4.69, 9.17) is 13.9 Å². The molecule has 1 aromatic heterocycles. The Morgan fingerprint density at radius 2 is 2.15 bits per heavy atom. The molecule has 0 aromatic carbocycles. The van der Waals surface area contributed by atoms with E-state index in [9.17, 15) is 9.90 Å². The molecule has 2 N–H and O–H groups in total. The summed E-state index contributed by atoms with van der Waals surface area (Å²) in [6.45, 7) is 5.26. The number of hydrogen-bond acceptors (Lipinski definition) is 6. The molecule has 6 nitrogen and oxygen atoms in total. The summed E-state index contributed by atoms with van der Waals surface area (Å²) in [5, 5.41) is 15.2. The molecule has 2 heterocycles. The van der Waals surface area contributed by atoms with E-state index in [1.807, 2.05) is 19.1 Å². The Morgan fingerprint density at radius 1 is 1.33 bits per heavy atom. The van der Waals surface area contributed by atoms with Crippen LogP contribution in [-0.4, -0.2) is 42.0 Å². The highest BCUT2D eigenvalue weighted by molar-refractivity contribution is 5.75. The van der Waals surface area contributed by atoms with E-state index in [1.54, 1.807) is 13.4 Å². The monoisotopic (exact) mass is 377 g/mol. The Morgan fingerprint density at radius 3 is 2.85 bits per heavy atom. The number of ether oxygens (including phenoxy) is 2. The predicted octanol–water partition coefficient (Wildman–Crippen LogP) is 2.65. The molecule has 150 valence electrons. The van der Waals surface area contributed by atoms with Crippen LogP contribution in [0.3, 0.4) is 0 Å². The highest BCUT2D eigenvalue weighted by Crippen LogP contribution is 2.61. The zero-order chi connectivity index (χ0) is 19.3. The number of esters is 1. The zero-order valence-electron chi connectivity index (χ0n) is 16.5. The summed E-state index contributed by atoms with van der Waals surface area (Å²) in [6.07, 6.45) is 5.56. The lowest BCUT2D eigenvalue weighted by molar-refractivity contribution is -0.270. The summed E-state index contributed by atoms with van der Waals surface area (Å²) < 4.78 is 17.0. The Balaban J connectivity index is 1.52. The number of carbonyl (C=O) groups excluding carboxylic acids is 1. The minimum absolute atomic E-state index is 0.00671. The quantitative estimate of drug-likeness (QED) is 0.768. The van der Waals surface area contributed by atoms with Crippen molar-refractivity contribution in [1.82, 2.24) is 5.32 Å². The third kappa shape index (κ3) is 2.84. The van der Waals surface area contributed by atoms with Gasteiger partial charge in [0.2, 0.25) is 0 Å².